The Bertz CT molecular complexity index is 395. The van der Waals surface area contributed by atoms with Crippen molar-refractivity contribution in [1.29, 1.82) is 0 Å². The number of hydrogen-bond donors (Lipinski definition) is 1. The third kappa shape index (κ3) is 5.39. The Morgan fingerprint density at radius 3 is 2.45 bits per heavy atom. The lowest BCUT2D eigenvalue weighted by molar-refractivity contribution is 0.0748. The minimum atomic E-state index is -0.0157. The fourth-order valence-corrected chi connectivity index (χ4v) is 1.59. The molecule has 0 aliphatic heterocycles. The zero-order valence-electron chi connectivity index (χ0n) is 12.5. The summed E-state index contributed by atoms with van der Waals surface area (Å²) in [5.41, 5.74) is 6.23. The van der Waals surface area contributed by atoms with Gasteiger partial charge in [-0.2, -0.15) is 0 Å². The summed E-state index contributed by atoms with van der Waals surface area (Å²) in [4.78, 5) is 13.8. The first-order chi connectivity index (χ1) is 9.10. The van der Waals surface area contributed by atoms with Crippen LogP contribution in [0, 0.1) is 0 Å². The normalized spacial score (nSPS) is 11.4. The summed E-state index contributed by atoms with van der Waals surface area (Å²) < 4.78 is 5.57. The van der Waals surface area contributed by atoms with Crippen molar-refractivity contribution in [3.8, 4) is 5.75 Å². The number of rotatable bonds is 7. The molecule has 0 saturated carbocycles. The number of unbranched alkanes of at least 4 members (excludes halogenated alkanes) is 1. The zero-order chi connectivity index (χ0) is 14.3. The minimum Gasteiger partial charge on any atom is -0.494 e. The smallest absolute Gasteiger partial charge is 0.253 e. The first-order valence-electron chi connectivity index (χ1n) is 6.80. The van der Waals surface area contributed by atoms with E-state index in [0.29, 0.717) is 18.7 Å². The van der Waals surface area contributed by atoms with Crippen LogP contribution in [0.2, 0.25) is 0 Å². The average molecular weight is 301 g/mol. The Hall–Kier alpha value is -1.26. The quantitative estimate of drug-likeness (QED) is 0.788. The maximum absolute atomic E-state index is 12.1. The van der Waals surface area contributed by atoms with Crippen molar-refractivity contribution in [2.24, 2.45) is 5.73 Å². The summed E-state index contributed by atoms with van der Waals surface area (Å²) in [6.07, 6.45) is 2.15. The second-order valence-corrected chi connectivity index (χ2v) is 4.73. The van der Waals surface area contributed by atoms with Gasteiger partial charge in [-0.1, -0.05) is 13.3 Å². The molecule has 1 aromatic rings. The second kappa shape index (κ2) is 9.61. The van der Waals surface area contributed by atoms with Gasteiger partial charge in [0.1, 0.15) is 5.75 Å². The largest absolute Gasteiger partial charge is 0.494 e. The Morgan fingerprint density at radius 2 is 1.95 bits per heavy atom. The highest BCUT2D eigenvalue weighted by Crippen LogP contribution is 2.14. The van der Waals surface area contributed by atoms with Crippen LogP contribution in [0.4, 0.5) is 0 Å². The predicted octanol–water partition coefficient (Wildman–Crippen LogP) is 2.71. The summed E-state index contributed by atoms with van der Waals surface area (Å²) in [5, 5.41) is 0. The molecule has 0 aliphatic carbocycles. The molecule has 0 saturated heterocycles. The summed E-state index contributed by atoms with van der Waals surface area (Å²) in [6, 6.07) is 7.30. The Kier molecular flexibility index (Phi) is 9.01. The monoisotopic (exact) mass is 300 g/mol. The Labute approximate surface area is 127 Å². The highest BCUT2D eigenvalue weighted by Gasteiger charge is 2.16. The lowest BCUT2D eigenvalue weighted by Crippen LogP contribution is -2.39. The van der Waals surface area contributed by atoms with E-state index >= 15 is 0 Å². The van der Waals surface area contributed by atoms with Crippen molar-refractivity contribution in [3.63, 3.8) is 0 Å². The van der Waals surface area contributed by atoms with Gasteiger partial charge in [0, 0.05) is 25.2 Å². The van der Waals surface area contributed by atoms with Crippen LogP contribution in [0.5, 0.6) is 5.75 Å². The van der Waals surface area contributed by atoms with Gasteiger partial charge in [-0.15, -0.1) is 12.4 Å². The molecule has 1 unspecified atom stereocenters. The zero-order valence-corrected chi connectivity index (χ0v) is 13.3. The van der Waals surface area contributed by atoms with Crippen LogP contribution < -0.4 is 10.5 Å². The number of nitrogens with two attached hydrogens (primary N) is 1. The second-order valence-electron chi connectivity index (χ2n) is 4.73. The van der Waals surface area contributed by atoms with Crippen molar-refractivity contribution in [1.82, 2.24) is 4.90 Å². The molecule has 114 valence electrons. The molecule has 0 spiro atoms. The van der Waals surface area contributed by atoms with E-state index in [1.807, 2.05) is 19.1 Å². The van der Waals surface area contributed by atoms with Crippen LogP contribution in [0.1, 0.15) is 37.0 Å². The lowest BCUT2D eigenvalue weighted by Gasteiger charge is -2.23. The van der Waals surface area contributed by atoms with Gasteiger partial charge in [0.05, 0.1) is 6.61 Å². The molecule has 0 fully saturated rings. The number of hydrogen-bond acceptors (Lipinski definition) is 3. The van der Waals surface area contributed by atoms with Gasteiger partial charge in [0.25, 0.3) is 5.91 Å². The molecule has 0 radical (unpaired) electrons. The van der Waals surface area contributed by atoms with E-state index in [1.165, 1.54) is 0 Å². The molecule has 0 aliphatic rings. The van der Waals surface area contributed by atoms with Gasteiger partial charge >= 0.3 is 0 Å². The van der Waals surface area contributed by atoms with Gasteiger partial charge in [-0.05, 0) is 37.6 Å². The maximum atomic E-state index is 12.1. The third-order valence-corrected chi connectivity index (χ3v) is 3.19. The Balaban J connectivity index is 0.00000361. The van der Waals surface area contributed by atoms with Crippen LogP contribution >= 0.6 is 12.4 Å². The fraction of sp³-hybridized carbons (Fsp3) is 0.533. The van der Waals surface area contributed by atoms with E-state index in [4.69, 9.17) is 10.5 Å². The standard InChI is InChI=1S/C15H24N2O2.ClH/c1-4-5-10-19-14-8-6-13(7-9-14)15(18)17(3)12(2)11-16;/h6-9,12H,4-5,10-11,16H2,1-3H3;1H. The number of benzene rings is 1. The predicted molar refractivity (Wildman–Crippen MR) is 84.7 cm³/mol. The van der Waals surface area contributed by atoms with Crippen molar-refractivity contribution < 1.29 is 9.53 Å². The molecule has 0 bridgehead atoms. The van der Waals surface area contributed by atoms with Crippen LogP contribution in [0.25, 0.3) is 0 Å². The summed E-state index contributed by atoms with van der Waals surface area (Å²) in [7, 11) is 1.77. The molecule has 4 nitrogen and oxygen atoms in total. The van der Waals surface area contributed by atoms with E-state index in [9.17, 15) is 4.79 Å². The number of carbonyl (C=O) groups excluding carboxylic acids is 1. The van der Waals surface area contributed by atoms with Crippen LogP contribution in [-0.4, -0.2) is 37.0 Å². The van der Waals surface area contributed by atoms with E-state index in [1.54, 1.807) is 24.1 Å². The van der Waals surface area contributed by atoms with E-state index < -0.39 is 0 Å². The van der Waals surface area contributed by atoms with Gasteiger partial charge in [-0.3, -0.25) is 4.79 Å². The number of ether oxygens (including phenoxy) is 1. The molecular formula is C15H25ClN2O2. The van der Waals surface area contributed by atoms with Gasteiger partial charge < -0.3 is 15.4 Å². The highest BCUT2D eigenvalue weighted by atomic mass is 35.5. The molecule has 1 rings (SSSR count). The van der Waals surface area contributed by atoms with Crippen LogP contribution in [0.15, 0.2) is 24.3 Å². The minimum absolute atomic E-state index is 0. The van der Waals surface area contributed by atoms with Crippen molar-refractivity contribution in [3.05, 3.63) is 29.8 Å². The van der Waals surface area contributed by atoms with Crippen LogP contribution in [0.3, 0.4) is 0 Å². The number of likely N-dealkylation sites (N-methyl/N-ethyl adjacent to an activating group) is 1. The first kappa shape index (κ1) is 18.7. The molecule has 0 aromatic heterocycles. The lowest BCUT2D eigenvalue weighted by atomic mass is 10.1. The van der Waals surface area contributed by atoms with E-state index in [2.05, 4.69) is 6.92 Å². The molecular weight excluding hydrogens is 276 g/mol. The SMILES string of the molecule is CCCCOc1ccc(C(=O)N(C)C(C)CN)cc1.Cl. The number of nitrogens with zero attached hydrogens (tertiary/aromatic N) is 1. The molecule has 1 aromatic carbocycles. The van der Waals surface area contributed by atoms with Crippen LogP contribution in [-0.2, 0) is 0 Å². The molecule has 5 heteroatoms. The highest BCUT2D eigenvalue weighted by molar-refractivity contribution is 5.94. The Morgan fingerprint density at radius 1 is 1.35 bits per heavy atom. The third-order valence-electron chi connectivity index (χ3n) is 3.19. The molecule has 20 heavy (non-hydrogen) atoms. The number of carbonyl (C=O) groups is 1. The summed E-state index contributed by atoms with van der Waals surface area (Å²) in [6.45, 7) is 5.23. The topological polar surface area (TPSA) is 55.6 Å². The van der Waals surface area contributed by atoms with E-state index in [-0.39, 0.29) is 24.4 Å². The molecule has 2 N–H and O–H groups in total. The maximum Gasteiger partial charge on any atom is 0.253 e. The molecule has 1 amide bonds. The molecule has 1 atom stereocenters. The van der Waals surface area contributed by atoms with Gasteiger partial charge in [-0.25, -0.2) is 0 Å². The summed E-state index contributed by atoms with van der Waals surface area (Å²) >= 11 is 0. The number of halogens is 1. The summed E-state index contributed by atoms with van der Waals surface area (Å²) in [5.74, 6) is 0.789. The van der Waals surface area contributed by atoms with Crippen molar-refractivity contribution in [2.45, 2.75) is 32.7 Å². The molecule has 0 heterocycles. The average Bonchev–Trinajstić information content (AvgIpc) is 2.46. The van der Waals surface area contributed by atoms with E-state index in [0.717, 1.165) is 18.6 Å². The van der Waals surface area contributed by atoms with Crippen molar-refractivity contribution in [2.75, 3.05) is 20.2 Å². The van der Waals surface area contributed by atoms with Gasteiger partial charge in [0.15, 0.2) is 0 Å². The fourth-order valence-electron chi connectivity index (χ4n) is 1.59. The number of amides is 1. The first-order valence-corrected chi connectivity index (χ1v) is 6.80. The van der Waals surface area contributed by atoms with Crippen molar-refractivity contribution >= 4 is 18.3 Å². The van der Waals surface area contributed by atoms with Gasteiger partial charge in [0.2, 0.25) is 0 Å².